The van der Waals surface area contributed by atoms with Gasteiger partial charge in [0, 0.05) is 0 Å². The van der Waals surface area contributed by atoms with Gasteiger partial charge in [-0.15, -0.1) is 0 Å². The third kappa shape index (κ3) is 2.24. The number of rotatable bonds is 1. The van der Waals surface area contributed by atoms with Crippen LogP contribution in [0.5, 0.6) is 0 Å². The molecule has 0 aromatic carbocycles. The maximum absolute atomic E-state index is 13.6. The molecule has 0 heterocycles. The lowest BCUT2D eigenvalue weighted by Crippen LogP contribution is -2.29. The minimum Gasteiger partial charge on any atom is -0.247 e. The van der Waals surface area contributed by atoms with Gasteiger partial charge in [0.05, 0.1) is 0 Å². The molecule has 76 valence electrons. The predicted molar refractivity (Wildman–Crippen MR) is 53.4 cm³/mol. The molecule has 0 aromatic rings. The van der Waals surface area contributed by atoms with E-state index in [9.17, 15) is 4.39 Å². The molecule has 0 spiro atoms. The van der Waals surface area contributed by atoms with Gasteiger partial charge in [-0.25, -0.2) is 4.39 Å². The average molecular weight is 184 g/mol. The summed E-state index contributed by atoms with van der Waals surface area (Å²) in [5.41, 5.74) is 0. The van der Waals surface area contributed by atoms with Crippen LogP contribution in [0.2, 0.25) is 0 Å². The van der Waals surface area contributed by atoms with Crippen molar-refractivity contribution in [1.82, 2.24) is 0 Å². The van der Waals surface area contributed by atoms with Crippen LogP contribution in [0, 0.1) is 11.8 Å². The summed E-state index contributed by atoms with van der Waals surface area (Å²) in [4.78, 5) is 0. The molecule has 2 fully saturated rings. The minimum atomic E-state index is -0.461. The van der Waals surface area contributed by atoms with E-state index in [4.69, 9.17) is 0 Å². The molecule has 0 radical (unpaired) electrons. The molecule has 0 N–H and O–H groups in total. The summed E-state index contributed by atoms with van der Waals surface area (Å²) in [5, 5.41) is 0. The van der Waals surface area contributed by atoms with Gasteiger partial charge < -0.3 is 0 Å². The second-order valence-corrected chi connectivity index (χ2v) is 4.86. The van der Waals surface area contributed by atoms with Crippen LogP contribution >= 0.6 is 0 Å². The van der Waals surface area contributed by atoms with Crippen molar-refractivity contribution in [2.45, 2.75) is 64.0 Å². The van der Waals surface area contributed by atoms with Crippen molar-refractivity contribution in [2.75, 3.05) is 0 Å². The number of hydrogen-bond acceptors (Lipinski definition) is 0. The second-order valence-electron chi connectivity index (χ2n) is 4.86. The highest BCUT2D eigenvalue weighted by molar-refractivity contribution is 4.82. The molecule has 0 aliphatic heterocycles. The zero-order chi connectivity index (χ0) is 9.10. The van der Waals surface area contributed by atoms with E-state index in [0.717, 1.165) is 18.8 Å². The molecule has 2 rings (SSSR count). The van der Waals surface area contributed by atoms with Crippen LogP contribution in [-0.2, 0) is 0 Å². The van der Waals surface area contributed by atoms with Crippen LogP contribution in [-0.4, -0.2) is 6.17 Å². The monoisotopic (exact) mass is 184 g/mol. The molecule has 0 unspecified atom stereocenters. The Morgan fingerprint density at radius 2 is 1.31 bits per heavy atom. The zero-order valence-electron chi connectivity index (χ0n) is 8.47. The Balaban J connectivity index is 1.88. The van der Waals surface area contributed by atoms with Gasteiger partial charge in [-0.05, 0) is 24.7 Å². The highest BCUT2D eigenvalue weighted by Gasteiger charge is 2.32. The molecule has 0 nitrogen and oxygen atoms in total. The number of halogens is 1. The number of hydrogen-bond donors (Lipinski definition) is 0. The lowest BCUT2D eigenvalue weighted by atomic mass is 9.72. The van der Waals surface area contributed by atoms with Gasteiger partial charge in [0.1, 0.15) is 6.17 Å². The van der Waals surface area contributed by atoms with Crippen LogP contribution in [0.3, 0.4) is 0 Å². The van der Waals surface area contributed by atoms with E-state index in [1.54, 1.807) is 0 Å². The normalized spacial score (nSPS) is 37.6. The SMILES string of the molecule is F[C@@H]1CCCC[C@@H]1C1CCCCC1. The fraction of sp³-hybridized carbons (Fsp3) is 1.00. The molecule has 1 heteroatoms. The molecular weight excluding hydrogens is 163 g/mol. The van der Waals surface area contributed by atoms with Crippen molar-refractivity contribution in [1.29, 1.82) is 0 Å². The first-order valence-electron chi connectivity index (χ1n) is 6.02. The lowest BCUT2D eigenvalue weighted by molar-refractivity contribution is 0.0923. The largest absolute Gasteiger partial charge is 0.247 e. The molecule has 2 saturated carbocycles. The van der Waals surface area contributed by atoms with Crippen molar-refractivity contribution in [3.8, 4) is 0 Å². The summed E-state index contributed by atoms with van der Waals surface area (Å²) >= 11 is 0. The molecule has 2 atom stereocenters. The minimum absolute atomic E-state index is 0.439. The summed E-state index contributed by atoms with van der Waals surface area (Å²) < 4.78 is 13.6. The zero-order valence-corrected chi connectivity index (χ0v) is 8.47. The smallest absolute Gasteiger partial charge is 0.103 e. The van der Waals surface area contributed by atoms with Crippen molar-refractivity contribution in [2.24, 2.45) is 11.8 Å². The Hall–Kier alpha value is -0.0700. The van der Waals surface area contributed by atoms with Crippen LogP contribution in [0.4, 0.5) is 4.39 Å². The summed E-state index contributed by atoms with van der Waals surface area (Å²) in [6.07, 6.45) is 10.7. The van der Waals surface area contributed by atoms with Gasteiger partial charge >= 0.3 is 0 Å². The Bertz CT molecular complexity index is 149. The molecular formula is C12H21F. The van der Waals surface area contributed by atoms with Gasteiger partial charge in [0.15, 0.2) is 0 Å². The highest BCUT2D eigenvalue weighted by atomic mass is 19.1. The molecule has 0 amide bonds. The molecule has 0 saturated heterocycles. The van der Waals surface area contributed by atoms with E-state index < -0.39 is 6.17 Å². The Labute approximate surface area is 80.9 Å². The first-order chi connectivity index (χ1) is 6.38. The van der Waals surface area contributed by atoms with Gasteiger partial charge in [-0.3, -0.25) is 0 Å². The molecule has 13 heavy (non-hydrogen) atoms. The fourth-order valence-corrected chi connectivity index (χ4v) is 3.21. The van der Waals surface area contributed by atoms with Gasteiger partial charge in [0.2, 0.25) is 0 Å². The molecule has 2 aliphatic carbocycles. The van der Waals surface area contributed by atoms with Crippen LogP contribution in [0.15, 0.2) is 0 Å². The van der Waals surface area contributed by atoms with E-state index >= 15 is 0 Å². The van der Waals surface area contributed by atoms with Crippen LogP contribution < -0.4 is 0 Å². The van der Waals surface area contributed by atoms with Gasteiger partial charge in [-0.1, -0.05) is 44.9 Å². The summed E-state index contributed by atoms with van der Waals surface area (Å²) in [6.45, 7) is 0. The second kappa shape index (κ2) is 4.43. The Morgan fingerprint density at radius 3 is 2.00 bits per heavy atom. The van der Waals surface area contributed by atoms with Crippen molar-refractivity contribution < 1.29 is 4.39 Å². The summed E-state index contributed by atoms with van der Waals surface area (Å²) in [7, 11) is 0. The Kier molecular flexibility index (Phi) is 3.23. The standard InChI is InChI=1S/C12H21F/c13-12-9-5-4-8-11(12)10-6-2-1-3-7-10/h10-12H,1-9H2/t11-,12-/m1/s1. The van der Waals surface area contributed by atoms with E-state index in [-0.39, 0.29) is 0 Å². The maximum Gasteiger partial charge on any atom is 0.103 e. The van der Waals surface area contributed by atoms with E-state index in [2.05, 4.69) is 0 Å². The van der Waals surface area contributed by atoms with Crippen molar-refractivity contribution in [3.63, 3.8) is 0 Å². The van der Waals surface area contributed by atoms with Crippen molar-refractivity contribution in [3.05, 3.63) is 0 Å². The topological polar surface area (TPSA) is 0 Å². The first-order valence-corrected chi connectivity index (χ1v) is 6.02. The molecule has 0 aromatic heterocycles. The Morgan fingerprint density at radius 1 is 0.692 bits per heavy atom. The number of alkyl halides is 1. The fourth-order valence-electron chi connectivity index (χ4n) is 3.21. The predicted octanol–water partition coefficient (Wildman–Crippen LogP) is 4.10. The lowest BCUT2D eigenvalue weighted by Gasteiger charge is -2.35. The maximum atomic E-state index is 13.6. The average Bonchev–Trinajstić information content (AvgIpc) is 2.20. The quantitative estimate of drug-likeness (QED) is 0.575. The molecule has 2 aliphatic rings. The van der Waals surface area contributed by atoms with E-state index in [1.165, 1.54) is 44.9 Å². The van der Waals surface area contributed by atoms with Crippen molar-refractivity contribution >= 4 is 0 Å². The third-order valence-electron chi connectivity index (χ3n) is 3.99. The van der Waals surface area contributed by atoms with Crippen LogP contribution in [0.25, 0.3) is 0 Å². The van der Waals surface area contributed by atoms with Crippen LogP contribution in [0.1, 0.15) is 57.8 Å². The van der Waals surface area contributed by atoms with Gasteiger partial charge in [-0.2, -0.15) is 0 Å². The molecule has 0 bridgehead atoms. The summed E-state index contributed by atoms with van der Waals surface area (Å²) in [6, 6.07) is 0. The van der Waals surface area contributed by atoms with Gasteiger partial charge in [0.25, 0.3) is 0 Å². The first kappa shape index (κ1) is 9.48. The third-order valence-corrected chi connectivity index (χ3v) is 3.99. The van der Waals surface area contributed by atoms with E-state index in [1.807, 2.05) is 0 Å². The summed E-state index contributed by atoms with van der Waals surface area (Å²) in [5.74, 6) is 1.18. The highest BCUT2D eigenvalue weighted by Crippen LogP contribution is 2.39. The van der Waals surface area contributed by atoms with E-state index in [0.29, 0.717) is 5.92 Å².